The van der Waals surface area contributed by atoms with E-state index in [2.05, 4.69) is 22.2 Å². The second kappa shape index (κ2) is 4.70. The molecule has 0 saturated heterocycles. The van der Waals surface area contributed by atoms with Crippen molar-refractivity contribution in [2.75, 3.05) is 5.84 Å². The van der Waals surface area contributed by atoms with Crippen LogP contribution in [-0.2, 0) is 6.54 Å². The van der Waals surface area contributed by atoms with Crippen molar-refractivity contribution >= 4 is 12.2 Å². The van der Waals surface area contributed by atoms with Gasteiger partial charge in [0.2, 0.25) is 4.77 Å². The minimum Gasteiger partial charge on any atom is -0.335 e. The molecule has 0 spiro atoms. The average Bonchev–Trinajstić information content (AvgIpc) is 2.81. The number of aryl methyl sites for hydroxylation is 2. The minimum atomic E-state index is 0.404. The summed E-state index contributed by atoms with van der Waals surface area (Å²) in [6, 6.07) is 1.96. The number of aromatic nitrogens is 5. The molecule has 0 aromatic carbocycles. The van der Waals surface area contributed by atoms with Crippen molar-refractivity contribution in [2.45, 2.75) is 33.2 Å². The lowest BCUT2D eigenvalue weighted by Gasteiger charge is -2.05. The van der Waals surface area contributed by atoms with Gasteiger partial charge < -0.3 is 5.84 Å². The van der Waals surface area contributed by atoms with Crippen LogP contribution in [0.3, 0.4) is 0 Å². The van der Waals surface area contributed by atoms with E-state index in [0.717, 1.165) is 30.8 Å². The van der Waals surface area contributed by atoms with Gasteiger partial charge in [0.1, 0.15) is 5.69 Å². The lowest BCUT2D eigenvalue weighted by Crippen LogP contribution is -2.12. The number of hydrogen-bond donors (Lipinski definition) is 2. The Morgan fingerprint density at radius 2 is 2.29 bits per heavy atom. The summed E-state index contributed by atoms with van der Waals surface area (Å²) < 4.78 is 3.70. The van der Waals surface area contributed by atoms with E-state index in [9.17, 15) is 0 Å². The Morgan fingerprint density at radius 3 is 2.88 bits per heavy atom. The monoisotopic (exact) mass is 252 g/mol. The average molecular weight is 252 g/mol. The molecule has 92 valence electrons. The van der Waals surface area contributed by atoms with E-state index in [1.165, 1.54) is 4.68 Å². The second-order valence-electron chi connectivity index (χ2n) is 3.97. The zero-order valence-electron chi connectivity index (χ0n) is 9.97. The number of unbranched alkanes of at least 4 members (excludes halogenated alkanes) is 1. The first-order valence-electron chi connectivity index (χ1n) is 5.60. The molecule has 0 aliphatic carbocycles. The fraction of sp³-hybridized carbons (Fsp3) is 0.500. The van der Waals surface area contributed by atoms with Gasteiger partial charge in [0.15, 0.2) is 5.82 Å². The van der Waals surface area contributed by atoms with Crippen molar-refractivity contribution in [1.82, 2.24) is 24.7 Å². The predicted octanol–water partition coefficient (Wildman–Crippen LogP) is 1.63. The highest BCUT2D eigenvalue weighted by Gasteiger charge is 2.13. The summed E-state index contributed by atoms with van der Waals surface area (Å²) in [5, 5.41) is 11.2. The normalized spacial score (nSPS) is 10.9. The Hall–Kier alpha value is -1.63. The number of nitrogens with one attached hydrogen (secondary N) is 1. The number of aromatic amines is 1. The molecule has 0 bridgehead atoms. The van der Waals surface area contributed by atoms with Gasteiger partial charge in [-0.05, 0) is 31.6 Å². The summed E-state index contributed by atoms with van der Waals surface area (Å²) in [5.41, 5.74) is 1.84. The smallest absolute Gasteiger partial charge is 0.214 e. The number of nitrogen functional groups attached to an aromatic ring is 1. The SMILES string of the molecule is CCCCn1nc(C)cc1-c1n[nH]c(=S)n1N. The highest BCUT2D eigenvalue weighted by molar-refractivity contribution is 7.71. The zero-order valence-corrected chi connectivity index (χ0v) is 10.8. The third kappa shape index (κ3) is 2.23. The summed E-state index contributed by atoms with van der Waals surface area (Å²) >= 11 is 5.00. The van der Waals surface area contributed by atoms with Crippen LogP contribution in [0.1, 0.15) is 25.5 Å². The second-order valence-corrected chi connectivity index (χ2v) is 4.36. The van der Waals surface area contributed by atoms with Crippen LogP contribution >= 0.6 is 12.2 Å². The number of nitrogens with zero attached hydrogens (tertiary/aromatic N) is 4. The Kier molecular flexibility index (Phi) is 3.28. The van der Waals surface area contributed by atoms with E-state index in [1.807, 2.05) is 17.7 Å². The predicted molar refractivity (Wildman–Crippen MR) is 68.4 cm³/mol. The fourth-order valence-electron chi connectivity index (χ4n) is 1.69. The molecule has 2 aromatic rings. The Balaban J connectivity index is 2.44. The number of hydrogen-bond acceptors (Lipinski definition) is 4. The lowest BCUT2D eigenvalue weighted by molar-refractivity contribution is 0.571. The molecule has 0 atom stereocenters. The Labute approximate surface area is 104 Å². The van der Waals surface area contributed by atoms with E-state index in [-0.39, 0.29) is 0 Å². The molecule has 0 amide bonds. The van der Waals surface area contributed by atoms with Gasteiger partial charge >= 0.3 is 0 Å². The lowest BCUT2D eigenvalue weighted by atomic mass is 10.3. The first-order valence-corrected chi connectivity index (χ1v) is 6.01. The van der Waals surface area contributed by atoms with Crippen molar-refractivity contribution in [1.29, 1.82) is 0 Å². The Bertz CT molecular complexity index is 564. The van der Waals surface area contributed by atoms with Crippen LogP contribution in [0.25, 0.3) is 11.5 Å². The van der Waals surface area contributed by atoms with Crippen molar-refractivity contribution in [3.63, 3.8) is 0 Å². The minimum absolute atomic E-state index is 0.404. The number of rotatable bonds is 4. The molecule has 2 aromatic heterocycles. The molecule has 0 saturated carbocycles. The maximum atomic E-state index is 5.82. The summed E-state index contributed by atoms with van der Waals surface area (Å²) in [6.45, 7) is 4.96. The van der Waals surface area contributed by atoms with Crippen LogP contribution in [0, 0.1) is 11.7 Å². The summed E-state index contributed by atoms with van der Waals surface area (Å²) in [5.74, 6) is 6.44. The first-order chi connectivity index (χ1) is 8.13. The van der Waals surface area contributed by atoms with Crippen molar-refractivity contribution < 1.29 is 0 Å². The molecule has 0 unspecified atom stereocenters. The van der Waals surface area contributed by atoms with Gasteiger partial charge in [-0.1, -0.05) is 13.3 Å². The molecule has 2 heterocycles. The summed E-state index contributed by atoms with van der Waals surface area (Å²) in [7, 11) is 0. The van der Waals surface area contributed by atoms with Crippen LogP contribution in [-0.4, -0.2) is 24.7 Å². The van der Waals surface area contributed by atoms with Gasteiger partial charge in [0.25, 0.3) is 0 Å². The van der Waals surface area contributed by atoms with E-state index in [4.69, 9.17) is 18.1 Å². The van der Waals surface area contributed by atoms with E-state index in [1.54, 1.807) is 0 Å². The van der Waals surface area contributed by atoms with Crippen LogP contribution in [0.15, 0.2) is 6.07 Å². The van der Waals surface area contributed by atoms with Crippen LogP contribution in [0.2, 0.25) is 0 Å². The van der Waals surface area contributed by atoms with E-state index in [0.29, 0.717) is 10.6 Å². The van der Waals surface area contributed by atoms with Gasteiger partial charge in [0.05, 0.1) is 5.69 Å². The van der Waals surface area contributed by atoms with Crippen LogP contribution in [0.5, 0.6) is 0 Å². The summed E-state index contributed by atoms with van der Waals surface area (Å²) in [4.78, 5) is 0. The molecule has 3 N–H and O–H groups in total. The Morgan fingerprint density at radius 1 is 1.53 bits per heavy atom. The largest absolute Gasteiger partial charge is 0.335 e. The van der Waals surface area contributed by atoms with E-state index >= 15 is 0 Å². The van der Waals surface area contributed by atoms with Crippen molar-refractivity contribution in [3.05, 3.63) is 16.5 Å². The van der Waals surface area contributed by atoms with Crippen molar-refractivity contribution in [3.8, 4) is 11.5 Å². The van der Waals surface area contributed by atoms with E-state index < -0.39 is 0 Å². The maximum Gasteiger partial charge on any atom is 0.214 e. The van der Waals surface area contributed by atoms with Gasteiger partial charge in [0, 0.05) is 6.54 Å². The highest BCUT2D eigenvalue weighted by Crippen LogP contribution is 2.17. The molecular formula is C10H16N6S. The first kappa shape index (κ1) is 11.8. The van der Waals surface area contributed by atoms with Gasteiger partial charge in [-0.25, -0.2) is 9.77 Å². The number of H-pyrrole nitrogens is 1. The van der Waals surface area contributed by atoms with Gasteiger partial charge in [-0.3, -0.25) is 4.68 Å². The molecule has 0 aliphatic rings. The molecule has 7 heteroatoms. The fourth-order valence-corrected chi connectivity index (χ4v) is 1.82. The number of nitrogens with two attached hydrogens (primary N) is 1. The van der Waals surface area contributed by atoms with Crippen molar-refractivity contribution in [2.24, 2.45) is 0 Å². The third-order valence-corrected chi connectivity index (χ3v) is 2.85. The molecule has 2 rings (SSSR count). The molecule has 0 aliphatic heterocycles. The molecule has 17 heavy (non-hydrogen) atoms. The highest BCUT2D eigenvalue weighted by atomic mass is 32.1. The van der Waals surface area contributed by atoms with Crippen LogP contribution in [0.4, 0.5) is 0 Å². The summed E-state index contributed by atoms with van der Waals surface area (Å²) in [6.07, 6.45) is 2.19. The standard InChI is InChI=1S/C10H16N6S/c1-3-4-5-15-8(6-7(2)14-15)9-12-13-10(17)16(9)11/h6H,3-5,11H2,1-2H3,(H,13,17). The third-order valence-electron chi connectivity index (χ3n) is 2.56. The maximum absolute atomic E-state index is 5.82. The van der Waals surface area contributed by atoms with Crippen LogP contribution < -0.4 is 5.84 Å². The quantitative estimate of drug-likeness (QED) is 0.640. The molecule has 0 fully saturated rings. The molecule has 0 radical (unpaired) electrons. The molecular weight excluding hydrogens is 236 g/mol. The molecule has 6 nitrogen and oxygen atoms in total. The zero-order chi connectivity index (χ0) is 12.4. The van der Waals surface area contributed by atoms with Gasteiger partial charge in [-0.2, -0.15) is 10.2 Å². The van der Waals surface area contributed by atoms with Gasteiger partial charge in [-0.15, -0.1) is 0 Å². The topological polar surface area (TPSA) is 77.5 Å².